The molecule has 0 bridgehead atoms. The number of nitrogens with zero attached hydrogens (tertiary/aromatic N) is 2. The highest BCUT2D eigenvalue weighted by atomic mass is 79.9. The summed E-state index contributed by atoms with van der Waals surface area (Å²) in [6.45, 7) is 0. The fourth-order valence-electron chi connectivity index (χ4n) is 2.75. The van der Waals surface area contributed by atoms with E-state index in [0.29, 0.717) is 16.1 Å². The largest absolute Gasteiger partial charge is 0.378 e. The maximum Gasteiger partial charge on any atom is 0.339 e. The fourth-order valence-corrected chi connectivity index (χ4v) is 5.03. The lowest BCUT2D eigenvalue weighted by Crippen LogP contribution is -2.10. The number of para-hydroxylation sites is 1. The highest BCUT2D eigenvalue weighted by molar-refractivity contribution is 9.10. The number of aromatic nitrogens is 1. The van der Waals surface area contributed by atoms with E-state index in [9.17, 15) is 13.7 Å². The zero-order chi connectivity index (χ0) is 21.1. The third-order valence-corrected chi connectivity index (χ3v) is 6.96. The monoisotopic (exact) mass is 496 g/mol. The van der Waals surface area contributed by atoms with Gasteiger partial charge in [0.15, 0.2) is 0 Å². The molecule has 0 fully saturated rings. The van der Waals surface area contributed by atoms with Crippen LogP contribution in [0.4, 0.5) is 0 Å². The van der Waals surface area contributed by atoms with Crippen molar-refractivity contribution in [3.63, 3.8) is 0 Å². The molecule has 8 heteroatoms. The van der Waals surface area contributed by atoms with Crippen LogP contribution in [0.5, 0.6) is 5.75 Å². The molecular weight excluding hydrogens is 484 g/mol. The average molecular weight is 497 g/mol. The van der Waals surface area contributed by atoms with E-state index in [0.717, 1.165) is 14.7 Å². The molecule has 5 nitrogen and oxygen atoms in total. The molecule has 3 aromatic carbocycles. The Balaban J connectivity index is 1.77. The smallest absolute Gasteiger partial charge is 0.339 e. The number of halogens is 1. The molecule has 0 saturated heterocycles. The Morgan fingerprint density at radius 1 is 1.07 bits per heavy atom. The first kappa shape index (κ1) is 20.3. The Hall–Kier alpha value is -2.99. The van der Waals surface area contributed by atoms with E-state index >= 15 is 0 Å². The van der Waals surface area contributed by atoms with Gasteiger partial charge in [-0.3, -0.25) is 0 Å². The maximum absolute atomic E-state index is 12.7. The molecule has 4 aromatic rings. The third kappa shape index (κ3) is 4.28. The second-order valence-electron chi connectivity index (χ2n) is 6.19. The minimum Gasteiger partial charge on any atom is -0.378 e. The van der Waals surface area contributed by atoms with Crippen LogP contribution in [0.25, 0.3) is 21.9 Å². The minimum absolute atomic E-state index is 0.0505. The normalized spacial score (nSPS) is 11.9. The molecule has 0 atom stereocenters. The van der Waals surface area contributed by atoms with E-state index < -0.39 is 10.1 Å². The number of allylic oxidation sites excluding steroid dienone is 1. The number of thiazole rings is 1. The van der Waals surface area contributed by atoms with Crippen LogP contribution in [0.2, 0.25) is 0 Å². The van der Waals surface area contributed by atoms with Gasteiger partial charge in [-0.1, -0.05) is 46.3 Å². The number of hydrogen-bond acceptors (Lipinski definition) is 6. The molecule has 0 aliphatic carbocycles. The topological polar surface area (TPSA) is 80.0 Å². The fraction of sp³-hybridized carbons (Fsp3) is 0. The molecule has 0 saturated carbocycles. The molecule has 0 unspecified atom stereocenters. The first-order valence-electron chi connectivity index (χ1n) is 8.73. The van der Waals surface area contributed by atoms with E-state index in [1.807, 2.05) is 24.3 Å². The molecule has 0 amide bonds. The number of nitriles is 1. The quantitative estimate of drug-likeness (QED) is 0.254. The summed E-state index contributed by atoms with van der Waals surface area (Å²) in [5, 5.41) is 10.3. The summed E-state index contributed by atoms with van der Waals surface area (Å²) in [5.74, 6) is 0.121. The minimum atomic E-state index is -4.02. The van der Waals surface area contributed by atoms with E-state index in [2.05, 4.69) is 27.0 Å². The Morgan fingerprint density at radius 3 is 2.53 bits per heavy atom. The van der Waals surface area contributed by atoms with Crippen LogP contribution in [0.1, 0.15) is 10.6 Å². The molecule has 30 heavy (non-hydrogen) atoms. The Morgan fingerprint density at radius 2 is 1.80 bits per heavy atom. The van der Waals surface area contributed by atoms with Gasteiger partial charge in [0.2, 0.25) is 0 Å². The van der Waals surface area contributed by atoms with Crippen molar-refractivity contribution in [1.82, 2.24) is 4.98 Å². The summed E-state index contributed by atoms with van der Waals surface area (Å²) < 4.78 is 32.4. The van der Waals surface area contributed by atoms with E-state index in [-0.39, 0.29) is 10.6 Å². The predicted octanol–water partition coefficient (Wildman–Crippen LogP) is 5.89. The highest BCUT2D eigenvalue weighted by Crippen LogP contribution is 2.32. The Kier molecular flexibility index (Phi) is 5.68. The lowest BCUT2D eigenvalue weighted by molar-refractivity contribution is 0.485. The van der Waals surface area contributed by atoms with Crippen molar-refractivity contribution in [1.29, 1.82) is 5.26 Å². The molecule has 0 N–H and O–H groups in total. The number of benzene rings is 3. The second kappa shape index (κ2) is 8.40. The van der Waals surface area contributed by atoms with Crippen molar-refractivity contribution in [3.8, 4) is 11.8 Å². The van der Waals surface area contributed by atoms with Gasteiger partial charge in [0.25, 0.3) is 0 Å². The Labute approximate surface area is 186 Å². The van der Waals surface area contributed by atoms with Crippen LogP contribution >= 0.6 is 27.3 Å². The third-order valence-electron chi connectivity index (χ3n) is 4.15. The van der Waals surface area contributed by atoms with Crippen LogP contribution < -0.4 is 4.18 Å². The van der Waals surface area contributed by atoms with Crippen molar-refractivity contribution >= 4 is 59.3 Å². The van der Waals surface area contributed by atoms with Crippen molar-refractivity contribution in [3.05, 3.63) is 87.8 Å². The second-order valence-corrected chi connectivity index (χ2v) is 9.68. The average Bonchev–Trinajstić information content (AvgIpc) is 3.18. The van der Waals surface area contributed by atoms with E-state index in [1.165, 1.54) is 23.5 Å². The molecule has 0 aliphatic rings. The van der Waals surface area contributed by atoms with Gasteiger partial charge in [-0.2, -0.15) is 13.7 Å². The first-order valence-corrected chi connectivity index (χ1v) is 11.7. The molecule has 0 spiro atoms. The summed E-state index contributed by atoms with van der Waals surface area (Å²) >= 11 is 4.78. The van der Waals surface area contributed by atoms with Gasteiger partial charge in [0.05, 0.1) is 15.8 Å². The van der Waals surface area contributed by atoms with Crippen LogP contribution in [-0.2, 0) is 10.1 Å². The number of rotatable bonds is 5. The van der Waals surface area contributed by atoms with Crippen molar-refractivity contribution in [2.24, 2.45) is 0 Å². The van der Waals surface area contributed by atoms with Crippen LogP contribution in [0.15, 0.2) is 82.2 Å². The molecule has 4 rings (SSSR count). The van der Waals surface area contributed by atoms with Gasteiger partial charge in [-0.15, -0.1) is 11.3 Å². The molecule has 1 heterocycles. The first-order chi connectivity index (χ1) is 14.5. The molecule has 0 aliphatic heterocycles. The van der Waals surface area contributed by atoms with Gasteiger partial charge in [-0.25, -0.2) is 4.98 Å². The van der Waals surface area contributed by atoms with Gasteiger partial charge in [0.1, 0.15) is 21.7 Å². The van der Waals surface area contributed by atoms with Crippen LogP contribution in [-0.4, -0.2) is 13.4 Å². The summed E-state index contributed by atoms with van der Waals surface area (Å²) in [4.78, 5) is 4.56. The van der Waals surface area contributed by atoms with Gasteiger partial charge in [0, 0.05) is 10.0 Å². The zero-order valence-corrected chi connectivity index (χ0v) is 18.5. The van der Waals surface area contributed by atoms with Crippen molar-refractivity contribution in [2.75, 3.05) is 0 Å². The summed E-state index contributed by atoms with van der Waals surface area (Å²) in [5.41, 5.74) is 1.56. The van der Waals surface area contributed by atoms with Gasteiger partial charge >= 0.3 is 10.1 Å². The maximum atomic E-state index is 12.7. The van der Waals surface area contributed by atoms with E-state index in [1.54, 1.807) is 42.5 Å². The molecule has 0 radical (unpaired) electrons. The Bertz CT molecular complexity index is 1370. The van der Waals surface area contributed by atoms with Crippen LogP contribution in [0.3, 0.4) is 0 Å². The van der Waals surface area contributed by atoms with Gasteiger partial charge < -0.3 is 4.18 Å². The molecule has 1 aromatic heterocycles. The summed E-state index contributed by atoms with van der Waals surface area (Å²) in [6, 6.07) is 22.6. The lowest BCUT2D eigenvalue weighted by Gasteiger charge is -2.10. The standard InChI is InChI=1S/C22H13BrN2O3S2/c23-17-10-11-20(28-30(26,27)18-6-2-1-3-7-18)15(13-17)12-16(14-24)22-25-19-8-4-5-9-21(19)29-22/h1-13H. The van der Waals surface area contributed by atoms with Crippen LogP contribution in [0, 0.1) is 11.3 Å². The molecule has 148 valence electrons. The van der Waals surface area contributed by atoms with Crippen molar-refractivity contribution in [2.45, 2.75) is 4.90 Å². The SMILES string of the molecule is N#CC(=Cc1cc(Br)ccc1OS(=O)(=O)c1ccccc1)c1nc2ccccc2s1. The zero-order valence-electron chi connectivity index (χ0n) is 15.3. The van der Waals surface area contributed by atoms with Gasteiger partial charge in [-0.05, 0) is 48.5 Å². The lowest BCUT2D eigenvalue weighted by atomic mass is 10.1. The number of fused-ring (bicyclic) bond motifs is 1. The molecular formula is C22H13BrN2O3S2. The van der Waals surface area contributed by atoms with Crippen molar-refractivity contribution < 1.29 is 12.6 Å². The highest BCUT2D eigenvalue weighted by Gasteiger charge is 2.19. The van der Waals surface area contributed by atoms with E-state index in [4.69, 9.17) is 4.18 Å². The predicted molar refractivity (Wildman–Crippen MR) is 122 cm³/mol. The number of hydrogen-bond donors (Lipinski definition) is 0. The summed E-state index contributed by atoms with van der Waals surface area (Å²) in [7, 11) is -4.02. The summed E-state index contributed by atoms with van der Waals surface area (Å²) in [6.07, 6.45) is 1.58.